The van der Waals surface area contributed by atoms with Gasteiger partial charge in [-0.3, -0.25) is 0 Å². The molecule has 0 bridgehead atoms. The van der Waals surface area contributed by atoms with Crippen molar-refractivity contribution in [2.24, 2.45) is 0 Å². The van der Waals surface area contributed by atoms with E-state index in [1.54, 1.807) is 0 Å². The molecule has 0 unspecified atom stereocenters. The van der Waals surface area contributed by atoms with Crippen LogP contribution in [0.2, 0.25) is 0 Å². The number of thiocarbonyl (C=S) groups is 1. The Bertz CT molecular complexity index is 622. The van der Waals surface area contributed by atoms with Crippen LogP contribution in [-0.2, 0) is 0 Å². The standard InChI is InChI=1S/C17H18FN3S/c18-14-6-8-16(9-7-14)20-10-12-21(13-11-20)17(22)19-15-4-2-1-3-5-15/h1-9H,10-13H2,(H,19,22). The number of nitrogens with one attached hydrogen (secondary N) is 1. The number of rotatable bonds is 2. The summed E-state index contributed by atoms with van der Waals surface area (Å²) in [7, 11) is 0. The second-order valence-electron chi connectivity index (χ2n) is 5.25. The van der Waals surface area contributed by atoms with Crippen molar-refractivity contribution in [3.63, 3.8) is 0 Å². The maximum Gasteiger partial charge on any atom is 0.173 e. The van der Waals surface area contributed by atoms with Gasteiger partial charge in [-0.05, 0) is 48.6 Å². The van der Waals surface area contributed by atoms with Crippen LogP contribution in [0.5, 0.6) is 0 Å². The summed E-state index contributed by atoms with van der Waals surface area (Å²) in [6, 6.07) is 16.6. The van der Waals surface area contributed by atoms with Crippen molar-refractivity contribution in [1.29, 1.82) is 0 Å². The molecule has 114 valence electrons. The summed E-state index contributed by atoms with van der Waals surface area (Å²) in [6.07, 6.45) is 0. The van der Waals surface area contributed by atoms with Crippen molar-refractivity contribution < 1.29 is 4.39 Å². The highest BCUT2D eigenvalue weighted by atomic mass is 32.1. The monoisotopic (exact) mass is 315 g/mol. The Balaban J connectivity index is 1.55. The van der Waals surface area contributed by atoms with E-state index in [1.807, 2.05) is 42.5 Å². The second kappa shape index (κ2) is 6.75. The molecule has 0 aromatic heterocycles. The van der Waals surface area contributed by atoms with Gasteiger partial charge >= 0.3 is 0 Å². The Morgan fingerprint density at radius 2 is 1.55 bits per heavy atom. The molecule has 1 heterocycles. The fraction of sp³-hybridized carbons (Fsp3) is 0.235. The molecular formula is C17H18FN3S. The number of para-hydroxylation sites is 1. The Morgan fingerprint density at radius 1 is 0.909 bits per heavy atom. The van der Waals surface area contributed by atoms with Gasteiger partial charge in [-0.15, -0.1) is 0 Å². The van der Waals surface area contributed by atoms with Crippen LogP contribution in [0.3, 0.4) is 0 Å². The topological polar surface area (TPSA) is 18.5 Å². The van der Waals surface area contributed by atoms with E-state index in [0.717, 1.165) is 42.7 Å². The van der Waals surface area contributed by atoms with Gasteiger partial charge in [0, 0.05) is 37.6 Å². The van der Waals surface area contributed by atoms with Crippen LogP contribution in [0.1, 0.15) is 0 Å². The van der Waals surface area contributed by atoms with E-state index in [-0.39, 0.29) is 5.82 Å². The highest BCUT2D eigenvalue weighted by Gasteiger charge is 2.19. The maximum atomic E-state index is 13.0. The number of piperazine rings is 1. The van der Waals surface area contributed by atoms with Crippen LogP contribution < -0.4 is 10.2 Å². The molecule has 22 heavy (non-hydrogen) atoms. The average molecular weight is 315 g/mol. The third kappa shape index (κ3) is 3.54. The number of hydrogen-bond acceptors (Lipinski definition) is 2. The molecule has 0 spiro atoms. The zero-order valence-corrected chi connectivity index (χ0v) is 13.0. The molecule has 0 saturated carbocycles. The molecule has 3 nitrogen and oxygen atoms in total. The van der Waals surface area contributed by atoms with Crippen LogP contribution in [0, 0.1) is 5.82 Å². The number of halogens is 1. The summed E-state index contributed by atoms with van der Waals surface area (Å²) < 4.78 is 13.0. The van der Waals surface area contributed by atoms with Crippen molar-refractivity contribution in [3.8, 4) is 0 Å². The van der Waals surface area contributed by atoms with Gasteiger partial charge in [0.2, 0.25) is 0 Å². The van der Waals surface area contributed by atoms with E-state index in [1.165, 1.54) is 12.1 Å². The molecule has 1 fully saturated rings. The zero-order chi connectivity index (χ0) is 15.4. The molecule has 1 aliphatic heterocycles. The van der Waals surface area contributed by atoms with Gasteiger partial charge in [-0.1, -0.05) is 18.2 Å². The van der Waals surface area contributed by atoms with Gasteiger partial charge in [0.05, 0.1) is 0 Å². The first-order chi connectivity index (χ1) is 10.7. The van der Waals surface area contributed by atoms with Crippen molar-refractivity contribution in [2.75, 3.05) is 36.4 Å². The summed E-state index contributed by atoms with van der Waals surface area (Å²) >= 11 is 5.48. The minimum absolute atomic E-state index is 0.198. The maximum absolute atomic E-state index is 13.0. The third-order valence-corrected chi connectivity index (χ3v) is 4.14. The minimum Gasteiger partial charge on any atom is -0.368 e. The lowest BCUT2D eigenvalue weighted by Gasteiger charge is -2.37. The molecule has 5 heteroatoms. The smallest absolute Gasteiger partial charge is 0.173 e. The minimum atomic E-state index is -0.198. The molecular weight excluding hydrogens is 297 g/mol. The van der Waals surface area contributed by atoms with Crippen LogP contribution in [0.25, 0.3) is 0 Å². The summed E-state index contributed by atoms with van der Waals surface area (Å²) in [5, 5.41) is 4.02. The number of benzene rings is 2. The van der Waals surface area contributed by atoms with Gasteiger partial charge in [0.25, 0.3) is 0 Å². The molecule has 0 amide bonds. The van der Waals surface area contributed by atoms with Crippen molar-refractivity contribution in [1.82, 2.24) is 4.90 Å². The molecule has 1 N–H and O–H groups in total. The Labute approximate surface area is 135 Å². The zero-order valence-electron chi connectivity index (χ0n) is 12.2. The Kier molecular flexibility index (Phi) is 4.53. The van der Waals surface area contributed by atoms with Crippen LogP contribution in [0.15, 0.2) is 54.6 Å². The van der Waals surface area contributed by atoms with Crippen LogP contribution >= 0.6 is 12.2 Å². The predicted octanol–water partition coefficient (Wildman–Crippen LogP) is 3.34. The summed E-state index contributed by atoms with van der Waals surface area (Å²) in [5.41, 5.74) is 2.07. The van der Waals surface area contributed by atoms with E-state index in [9.17, 15) is 4.39 Å². The van der Waals surface area contributed by atoms with Gasteiger partial charge in [-0.2, -0.15) is 0 Å². The highest BCUT2D eigenvalue weighted by Crippen LogP contribution is 2.17. The summed E-state index contributed by atoms with van der Waals surface area (Å²) in [5.74, 6) is -0.198. The first-order valence-corrected chi connectivity index (χ1v) is 7.75. The molecule has 1 aliphatic rings. The largest absolute Gasteiger partial charge is 0.368 e. The lowest BCUT2D eigenvalue weighted by molar-refractivity contribution is 0.391. The lowest BCUT2D eigenvalue weighted by Crippen LogP contribution is -2.50. The first-order valence-electron chi connectivity index (χ1n) is 7.34. The molecule has 0 atom stereocenters. The summed E-state index contributed by atoms with van der Waals surface area (Å²) in [4.78, 5) is 4.42. The van der Waals surface area contributed by atoms with Gasteiger partial charge < -0.3 is 15.1 Å². The van der Waals surface area contributed by atoms with Gasteiger partial charge in [0.15, 0.2) is 5.11 Å². The Morgan fingerprint density at radius 3 is 2.18 bits per heavy atom. The quantitative estimate of drug-likeness (QED) is 0.856. The first kappa shape index (κ1) is 14.8. The lowest BCUT2D eigenvalue weighted by atomic mass is 10.2. The third-order valence-electron chi connectivity index (χ3n) is 3.78. The van der Waals surface area contributed by atoms with E-state index in [4.69, 9.17) is 12.2 Å². The normalized spacial score (nSPS) is 14.8. The van der Waals surface area contributed by atoms with Crippen molar-refractivity contribution >= 4 is 28.7 Å². The number of anilines is 2. The van der Waals surface area contributed by atoms with Gasteiger partial charge in [0.1, 0.15) is 5.82 Å². The van der Waals surface area contributed by atoms with E-state index in [2.05, 4.69) is 15.1 Å². The SMILES string of the molecule is Fc1ccc(N2CCN(C(=S)Nc3ccccc3)CC2)cc1. The molecule has 1 saturated heterocycles. The van der Waals surface area contributed by atoms with E-state index in [0.29, 0.717) is 0 Å². The Hall–Kier alpha value is -2.14. The van der Waals surface area contributed by atoms with Crippen molar-refractivity contribution in [3.05, 3.63) is 60.4 Å². The van der Waals surface area contributed by atoms with Crippen LogP contribution in [-0.4, -0.2) is 36.2 Å². The fourth-order valence-corrected chi connectivity index (χ4v) is 2.84. The van der Waals surface area contributed by atoms with E-state index >= 15 is 0 Å². The predicted molar refractivity (Wildman–Crippen MR) is 92.8 cm³/mol. The number of nitrogens with zero attached hydrogens (tertiary/aromatic N) is 2. The molecule has 2 aromatic rings. The van der Waals surface area contributed by atoms with Gasteiger partial charge in [-0.25, -0.2) is 4.39 Å². The molecule has 2 aromatic carbocycles. The van der Waals surface area contributed by atoms with Crippen LogP contribution in [0.4, 0.5) is 15.8 Å². The number of hydrogen-bond donors (Lipinski definition) is 1. The average Bonchev–Trinajstić information content (AvgIpc) is 2.57. The fourth-order valence-electron chi connectivity index (χ4n) is 2.54. The highest BCUT2D eigenvalue weighted by molar-refractivity contribution is 7.80. The summed E-state index contributed by atoms with van der Waals surface area (Å²) in [6.45, 7) is 3.47. The second-order valence-corrected chi connectivity index (χ2v) is 5.63. The van der Waals surface area contributed by atoms with E-state index < -0.39 is 0 Å². The molecule has 3 rings (SSSR count). The molecule has 0 aliphatic carbocycles. The molecule has 0 radical (unpaired) electrons. The van der Waals surface area contributed by atoms with Crippen molar-refractivity contribution in [2.45, 2.75) is 0 Å².